The van der Waals surface area contributed by atoms with Gasteiger partial charge in [-0.3, -0.25) is 0 Å². The van der Waals surface area contributed by atoms with E-state index >= 15 is 0 Å². The number of hydrogen-bond acceptors (Lipinski definition) is 1. The highest BCUT2D eigenvalue weighted by Crippen LogP contribution is 2.45. The van der Waals surface area contributed by atoms with E-state index in [2.05, 4.69) is 58.1 Å². The summed E-state index contributed by atoms with van der Waals surface area (Å²) >= 11 is 0. The molecule has 0 aliphatic heterocycles. The zero-order valence-electron chi connectivity index (χ0n) is 11.1. The molecule has 1 fully saturated rings. The molecule has 1 heteroatoms. The Labute approximate surface area is 99.3 Å². The van der Waals surface area contributed by atoms with Crippen molar-refractivity contribution in [1.29, 1.82) is 0 Å². The molecule has 0 amide bonds. The fourth-order valence-electron chi connectivity index (χ4n) is 2.37. The molecule has 2 rings (SSSR count). The summed E-state index contributed by atoms with van der Waals surface area (Å²) in [6.45, 7) is 11.3. The van der Waals surface area contributed by atoms with Crippen molar-refractivity contribution in [3.63, 3.8) is 0 Å². The second-order valence-electron chi connectivity index (χ2n) is 5.99. The summed E-state index contributed by atoms with van der Waals surface area (Å²) in [4.78, 5) is 0. The second kappa shape index (κ2) is 3.89. The molecule has 1 aliphatic carbocycles. The molecule has 2 atom stereocenters. The third-order valence-corrected chi connectivity index (χ3v) is 3.87. The van der Waals surface area contributed by atoms with Crippen LogP contribution in [0.25, 0.3) is 0 Å². The molecule has 16 heavy (non-hydrogen) atoms. The van der Waals surface area contributed by atoms with Gasteiger partial charge in [-0.1, -0.05) is 37.6 Å². The highest BCUT2D eigenvalue weighted by atomic mass is 15.0. The van der Waals surface area contributed by atoms with Gasteiger partial charge in [0.05, 0.1) is 0 Å². The van der Waals surface area contributed by atoms with Crippen molar-refractivity contribution >= 4 is 0 Å². The molecule has 2 unspecified atom stereocenters. The predicted octanol–water partition coefficient (Wildman–Crippen LogP) is 3.75. The zero-order chi connectivity index (χ0) is 11.9. The third-order valence-electron chi connectivity index (χ3n) is 3.87. The normalized spacial score (nSPS) is 24.2. The quantitative estimate of drug-likeness (QED) is 0.813. The topological polar surface area (TPSA) is 12.0 Å². The molecule has 0 aromatic heterocycles. The van der Waals surface area contributed by atoms with Crippen LogP contribution in [0.3, 0.4) is 0 Å². The van der Waals surface area contributed by atoms with Crippen LogP contribution in [0.4, 0.5) is 0 Å². The van der Waals surface area contributed by atoms with Crippen molar-refractivity contribution < 1.29 is 0 Å². The molecule has 1 aliphatic rings. The summed E-state index contributed by atoms with van der Waals surface area (Å²) in [7, 11) is 0. The van der Waals surface area contributed by atoms with Crippen LogP contribution in [0.15, 0.2) is 18.2 Å². The third kappa shape index (κ3) is 2.30. The molecule has 0 radical (unpaired) electrons. The zero-order valence-corrected chi connectivity index (χ0v) is 11.1. The number of hydrogen-bond donors (Lipinski definition) is 1. The summed E-state index contributed by atoms with van der Waals surface area (Å²) in [6.07, 6.45) is 1.31. The first kappa shape index (κ1) is 11.7. The predicted molar refractivity (Wildman–Crippen MR) is 69.7 cm³/mol. The summed E-state index contributed by atoms with van der Waals surface area (Å²) in [5.41, 5.74) is 4.70. The van der Waals surface area contributed by atoms with Gasteiger partial charge in [0.1, 0.15) is 0 Å². The van der Waals surface area contributed by atoms with Gasteiger partial charge in [0, 0.05) is 12.1 Å². The Morgan fingerprint density at radius 2 is 1.94 bits per heavy atom. The molecule has 1 aromatic carbocycles. The van der Waals surface area contributed by atoms with Gasteiger partial charge in [0.2, 0.25) is 0 Å². The van der Waals surface area contributed by atoms with E-state index in [1.165, 1.54) is 23.1 Å². The van der Waals surface area contributed by atoms with Crippen LogP contribution in [0, 0.1) is 19.3 Å². The lowest BCUT2D eigenvalue weighted by atomic mass is 9.99. The maximum absolute atomic E-state index is 3.73. The monoisotopic (exact) mass is 217 g/mol. The van der Waals surface area contributed by atoms with Crippen LogP contribution in [0.5, 0.6) is 0 Å². The molecule has 1 saturated carbocycles. The van der Waals surface area contributed by atoms with E-state index in [-0.39, 0.29) is 0 Å². The Morgan fingerprint density at radius 3 is 2.50 bits per heavy atom. The van der Waals surface area contributed by atoms with Crippen LogP contribution >= 0.6 is 0 Å². The van der Waals surface area contributed by atoms with E-state index in [1.807, 2.05) is 0 Å². The minimum absolute atomic E-state index is 0.465. The Morgan fingerprint density at radius 1 is 1.31 bits per heavy atom. The van der Waals surface area contributed by atoms with Gasteiger partial charge in [-0.2, -0.15) is 0 Å². The molecular formula is C15H23N. The fourth-order valence-corrected chi connectivity index (χ4v) is 2.37. The summed E-state index contributed by atoms with van der Waals surface area (Å²) in [6, 6.07) is 7.88. The largest absolute Gasteiger partial charge is 0.307 e. The molecule has 1 nitrogen and oxygen atoms in total. The van der Waals surface area contributed by atoms with Crippen LogP contribution in [0.1, 0.15) is 49.9 Å². The van der Waals surface area contributed by atoms with E-state index in [9.17, 15) is 0 Å². The summed E-state index contributed by atoms with van der Waals surface area (Å²) < 4.78 is 0. The SMILES string of the molecule is Cc1ccc(C)c(C(C)NC2CC2(C)C)c1. The molecule has 1 N–H and O–H groups in total. The first-order valence-corrected chi connectivity index (χ1v) is 6.23. The number of nitrogens with one attached hydrogen (secondary N) is 1. The Hall–Kier alpha value is -0.820. The van der Waals surface area contributed by atoms with Crippen molar-refractivity contribution in [3.8, 4) is 0 Å². The smallest absolute Gasteiger partial charge is 0.0297 e. The summed E-state index contributed by atoms with van der Waals surface area (Å²) in [5.74, 6) is 0. The minimum Gasteiger partial charge on any atom is -0.307 e. The van der Waals surface area contributed by atoms with Crippen molar-refractivity contribution in [3.05, 3.63) is 34.9 Å². The highest BCUT2D eigenvalue weighted by Gasteiger charge is 2.45. The average Bonchev–Trinajstić information content (AvgIpc) is 2.77. The molecule has 0 heterocycles. The Kier molecular flexibility index (Phi) is 2.83. The number of aryl methyl sites for hydroxylation is 2. The second-order valence-corrected chi connectivity index (χ2v) is 5.99. The highest BCUT2D eigenvalue weighted by molar-refractivity contribution is 5.33. The molecular weight excluding hydrogens is 194 g/mol. The van der Waals surface area contributed by atoms with Gasteiger partial charge in [0.25, 0.3) is 0 Å². The molecule has 0 saturated heterocycles. The lowest BCUT2D eigenvalue weighted by Crippen LogP contribution is -2.24. The molecule has 88 valence electrons. The van der Waals surface area contributed by atoms with Crippen molar-refractivity contribution in [1.82, 2.24) is 5.32 Å². The van der Waals surface area contributed by atoms with Crippen molar-refractivity contribution in [2.75, 3.05) is 0 Å². The molecule has 0 spiro atoms. The maximum atomic E-state index is 3.73. The lowest BCUT2D eigenvalue weighted by molar-refractivity contribution is 0.490. The van der Waals surface area contributed by atoms with E-state index in [1.54, 1.807) is 0 Å². The maximum Gasteiger partial charge on any atom is 0.0297 e. The van der Waals surface area contributed by atoms with E-state index < -0.39 is 0 Å². The van der Waals surface area contributed by atoms with Crippen LogP contribution in [-0.2, 0) is 0 Å². The van der Waals surface area contributed by atoms with Crippen molar-refractivity contribution in [2.45, 2.75) is 53.1 Å². The van der Waals surface area contributed by atoms with E-state index in [0.717, 1.165) is 0 Å². The van der Waals surface area contributed by atoms with Crippen LogP contribution in [-0.4, -0.2) is 6.04 Å². The summed E-state index contributed by atoms with van der Waals surface area (Å²) in [5, 5.41) is 3.73. The molecule has 1 aromatic rings. The number of benzene rings is 1. The first-order valence-electron chi connectivity index (χ1n) is 6.23. The van der Waals surface area contributed by atoms with Gasteiger partial charge in [-0.15, -0.1) is 0 Å². The first-order chi connectivity index (χ1) is 7.40. The van der Waals surface area contributed by atoms with Gasteiger partial charge in [-0.05, 0) is 43.7 Å². The van der Waals surface area contributed by atoms with Crippen LogP contribution in [0.2, 0.25) is 0 Å². The Balaban J connectivity index is 2.09. The van der Waals surface area contributed by atoms with Gasteiger partial charge < -0.3 is 5.32 Å². The fraction of sp³-hybridized carbons (Fsp3) is 0.600. The van der Waals surface area contributed by atoms with E-state index in [4.69, 9.17) is 0 Å². The lowest BCUT2D eigenvalue weighted by Gasteiger charge is -2.18. The standard InChI is InChI=1S/C15H23N/c1-10-6-7-11(2)13(8-10)12(3)16-14-9-15(14,4)5/h6-8,12,14,16H,9H2,1-5H3. The minimum atomic E-state index is 0.465. The van der Waals surface area contributed by atoms with Crippen molar-refractivity contribution in [2.24, 2.45) is 5.41 Å². The number of rotatable bonds is 3. The van der Waals surface area contributed by atoms with Crippen LogP contribution < -0.4 is 5.32 Å². The van der Waals surface area contributed by atoms with E-state index in [0.29, 0.717) is 17.5 Å². The van der Waals surface area contributed by atoms with Gasteiger partial charge in [0.15, 0.2) is 0 Å². The Bertz CT molecular complexity index is 392. The van der Waals surface area contributed by atoms with Gasteiger partial charge in [-0.25, -0.2) is 0 Å². The molecule has 0 bridgehead atoms. The van der Waals surface area contributed by atoms with Gasteiger partial charge >= 0.3 is 0 Å². The average molecular weight is 217 g/mol.